The van der Waals surface area contributed by atoms with E-state index in [1.165, 1.54) is 0 Å². The molecule has 0 saturated carbocycles. The maximum absolute atomic E-state index is 10.3. The summed E-state index contributed by atoms with van der Waals surface area (Å²) < 4.78 is 28.4. The summed E-state index contributed by atoms with van der Waals surface area (Å²) >= 11 is 0. The fourth-order valence-corrected chi connectivity index (χ4v) is 2.45. The van der Waals surface area contributed by atoms with Crippen LogP contribution in [0.15, 0.2) is 0 Å². The molecule has 0 fully saturated rings. The van der Waals surface area contributed by atoms with Gasteiger partial charge in [-0.05, 0) is 67.7 Å². The number of methoxy groups -OCH3 is 1. The molecular weight excluding hydrogens is 374 g/mol. The van der Waals surface area contributed by atoms with E-state index in [2.05, 4.69) is 13.8 Å². The summed E-state index contributed by atoms with van der Waals surface area (Å²) in [4.78, 5) is 0. The molecule has 0 aromatic rings. The minimum atomic E-state index is -1.08. The van der Waals surface area contributed by atoms with Gasteiger partial charge in [-0.3, -0.25) is 0 Å². The molecule has 3 atom stereocenters. The second-order valence-electron chi connectivity index (χ2n) is 9.40. The summed E-state index contributed by atoms with van der Waals surface area (Å²) in [6.07, 6.45) is 1.50. The van der Waals surface area contributed by atoms with E-state index in [1.54, 1.807) is 21.0 Å². The lowest BCUT2D eigenvalue weighted by molar-refractivity contribution is -0.224. The third kappa shape index (κ3) is 12.9. The highest BCUT2D eigenvalue weighted by atomic mass is 16.6. The molecule has 0 spiro atoms. The zero-order chi connectivity index (χ0) is 22.7. The molecule has 3 N–H and O–H groups in total. The highest BCUT2D eigenvalue weighted by Gasteiger charge is 2.31. The topological polar surface area (TPSA) is 92.4 Å². The van der Waals surface area contributed by atoms with Crippen molar-refractivity contribution in [2.24, 2.45) is 5.73 Å². The number of hydrogen-bond donors (Lipinski definition) is 2. The zero-order valence-electron chi connectivity index (χ0n) is 20.2. The van der Waals surface area contributed by atoms with Crippen LogP contribution in [-0.2, 0) is 23.7 Å². The van der Waals surface area contributed by atoms with Gasteiger partial charge < -0.3 is 34.5 Å². The van der Waals surface area contributed by atoms with E-state index < -0.39 is 11.9 Å². The van der Waals surface area contributed by atoms with E-state index in [9.17, 15) is 5.11 Å². The molecule has 0 aliphatic carbocycles. The van der Waals surface area contributed by atoms with E-state index in [1.807, 2.05) is 27.7 Å². The SMILES string of the molecule is CCC(C)(CCOC(C)(C)CCOC(C)(C)C(O)OCC(N)COC(C)C)OC. The highest BCUT2D eigenvalue weighted by molar-refractivity contribution is 4.77. The van der Waals surface area contributed by atoms with Gasteiger partial charge in [0.2, 0.25) is 0 Å². The van der Waals surface area contributed by atoms with Crippen LogP contribution in [0, 0.1) is 0 Å². The summed E-state index contributed by atoms with van der Waals surface area (Å²) in [7, 11) is 1.74. The van der Waals surface area contributed by atoms with E-state index in [4.69, 9.17) is 29.4 Å². The molecule has 0 heterocycles. The van der Waals surface area contributed by atoms with Crippen molar-refractivity contribution in [2.45, 2.75) is 110 Å². The highest BCUT2D eigenvalue weighted by Crippen LogP contribution is 2.23. The van der Waals surface area contributed by atoms with Gasteiger partial charge in [0.25, 0.3) is 0 Å². The average Bonchev–Trinajstić information content (AvgIpc) is 2.63. The van der Waals surface area contributed by atoms with Crippen LogP contribution in [0.3, 0.4) is 0 Å². The summed E-state index contributed by atoms with van der Waals surface area (Å²) in [6, 6.07) is -0.295. The minimum absolute atomic E-state index is 0.113. The number of hydrogen-bond acceptors (Lipinski definition) is 7. The first-order valence-electron chi connectivity index (χ1n) is 10.8. The Kier molecular flexibility index (Phi) is 13.1. The van der Waals surface area contributed by atoms with Crippen LogP contribution in [0.1, 0.15) is 74.7 Å². The lowest BCUT2D eigenvalue weighted by atomic mass is 9.99. The Morgan fingerprint density at radius 1 is 0.897 bits per heavy atom. The molecule has 0 bridgehead atoms. The van der Waals surface area contributed by atoms with Gasteiger partial charge in [0.15, 0.2) is 6.29 Å². The maximum Gasteiger partial charge on any atom is 0.183 e. The van der Waals surface area contributed by atoms with Crippen molar-refractivity contribution >= 4 is 0 Å². The Bertz CT molecular complexity index is 424. The zero-order valence-corrected chi connectivity index (χ0v) is 20.2. The molecule has 0 aromatic heterocycles. The fourth-order valence-electron chi connectivity index (χ4n) is 2.45. The molecule has 0 aliphatic rings. The lowest BCUT2D eigenvalue weighted by Gasteiger charge is -2.34. The number of aliphatic hydroxyl groups excluding tert-OH is 1. The number of nitrogens with two attached hydrogens (primary N) is 1. The molecule has 0 rings (SSSR count). The predicted octanol–water partition coefficient (Wildman–Crippen LogP) is 3.26. The van der Waals surface area contributed by atoms with Gasteiger partial charge in [-0.1, -0.05) is 6.92 Å². The molecule has 7 nitrogen and oxygen atoms in total. The van der Waals surface area contributed by atoms with Gasteiger partial charge in [0.05, 0.1) is 49.8 Å². The second kappa shape index (κ2) is 13.2. The van der Waals surface area contributed by atoms with Crippen molar-refractivity contribution in [3.63, 3.8) is 0 Å². The van der Waals surface area contributed by atoms with Crippen molar-refractivity contribution in [2.75, 3.05) is 33.5 Å². The summed E-state index contributed by atoms with van der Waals surface area (Å²) in [5.74, 6) is 0. The van der Waals surface area contributed by atoms with Crippen molar-refractivity contribution in [3.8, 4) is 0 Å². The van der Waals surface area contributed by atoms with Crippen LogP contribution in [0.4, 0.5) is 0 Å². The van der Waals surface area contributed by atoms with Crippen LogP contribution in [0.25, 0.3) is 0 Å². The Balaban J connectivity index is 4.26. The summed E-state index contributed by atoms with van der Waals surface area (Å²) in [6.45, 7) is 17.4. The van der Waals surface area contributed by atoms with Gasteiger partial charge >= 0.3 is 0 Å². The predicted molar refractivity (Wildman–Crippen MR) is 116 cm³/mol. The monoisotopic (exact) mass is 421 g/mol. The van der Waals surface area contributed by atoms with Crippen LogP contribution in [0.5, 0.6) is 0 Å². The smallest absolute Gasteiger partial charge is 0.183 e. The van der Waals surface area contributed by atoms with Crippen molar-refractivity contribution in [1.29, 1.82) is 0 Å². The first-order chi connectivity index (χ1) is 13.3. The lowest BCUT2D eigenvalue weighted by Crippen LogP contribution is -2.44. The van der Waals surface area contributed by atoms with E-state index in [0.29, 0.717) is 26.2 Å². The molecule has 0 saturated heterocycles. The Morgan fingerprint density at radius 2 is 1.45 bits per heavy atom. The number of ether oxygens (including phenoxy) is 5. The first kappa shape index (κ1) is 28.7. The molecule has 29 heavy (non-hydrogen) atoms. The largest absolute Gasteiger partial charge is 0.378 e. The Hall–Kier alpha value is -0.280. The molecule has 0 amide bonds. The quantitative estimate of drug-likeness (QED) is 0.348. The van der Waals surface area contributed by atoms with Gasteiger partial charge in [-0.25, -0.2) is 0 Å². The van der Waals surface area contributed by atoms with Crippen LogP contribution < -0.4 is 5.73 Å². The van der Waals surface area contributed by atoms with Crippen molar-refractivity contribution in [3.05, 3.63) is 0 Å². The fraction of sp³-hybridized carbons (Fsp3) is 1.00. The minimum Gasteiger partial charge on any atom is -0.378 e. The van der Waals surface area contributed by atoms with E-state index in [-0.39, 0.29) is 30.0 Å². The van der Waals surface area contributed by atoms with E-state index >= 15 is 0 Å². The average molecular weight is 422 g/mol. The molecular formula is C22H47NO6. The first-order valence-corrected chi connectivity index (χ1v) is 10.8. The maximum atomic E-state index is 10.3. The van der Waals surface area contributed by atoms with Gasteiger partial charge in [-0.15, -0.1) is 0 Å². The van der Waals surface area contributed by atoms with Crippen molar-refractivity contribution < 1.29 is 28.8 Å². The molecule has 3 unspecified atom stereocenters. The Morgan fingerprint density at radius 3 is 1.97 bits per heavy atom. The number of rotatable bonds is 17. The molecule has 176 valence electrons. The molecule has 0 aromatic carbocycles. The van der Waals surface area contributed by atoms with Gasteiger partial charge in [0.1, 0.15) is 5.60 Å². The van der Waals surface area contributed by atoms with E-state index in [0.717, 1.165) is 12.8 Å². The van der Waals surface area contributed by atoms with Crippen molar-refractivity contribution in [1.82, 2.24) is 0 Å². The third-order valence-corrected chi connectivity index (χ3v) is 5.25. The summed E-state index contributed by atoms with van der Waals surface area (Å²) in [5, 5.41) is 10.3. The molecule has 0 aliphatic heterocycles. The summed E-state index contributed by atoms with van der Waals surface area (Å²) in [5.41, 5.74) is 4.60. The van der Waals surface area contributed by atoms with Crippen LogP contribution in [0.2, 0.25) is 0 Å². The second-order valence-corrected chi connectivity index (χ2v) is 9.40. The molecule has 7 heteroatoms. The third-order valence-electron chi connectivity index (χ3n) is 5.25. The van der Waals surface area contributed by atoms with Crippen LogP contribution in [-0.4, -0.2) is 73.9 Å². The molecule has 0 radical (unpaired) electrons. The van der Waals surface area contributed by atoms with Gasteiger partial charge in [0, 0.05) is 7.11 Å². The number of aliphatic hydroxyl groups is 1. The Labute approximate surface area is 178 Å². The normalized spacial score (nSPS) is 17.4. The van der Waals surface area contributed by atoms with Gasteiger partial charge in [-0.2, -0.15) is 0 Å². The standard InChI is InChI=1S/C22H47NO6/c1-10-22(8,25-9)12-14-28-20(4,5)11-13-29-21(6,7)19(24)27-16-18(23)15-26-17(2)3/h17-19,24H,10-16,23H2,1-9H3. The van der Waals surface area contributed by atoms with Crippen LogP contribution >= 0.6 is 0 Å².